The normalized spacial score (nSPS) is 16.8. The van der Waals surface area contributed by atoms with Crippen molar-refractivity contribution in [3.63, 3.8) is 0 Å². The summed E-state index contributed by atoms with van der Waals surface area (Å²) in [4.78, 5) is 25.1. The molecule has 1 aliphatic heterocycles. The maximum atomic E-state index is 13.5. The quantitative estimate of drug-likeness (QED) is 0.540. The molecule has 0 saturated carbocycles. The fraction of sp³-hybridized carbons (Fsp3) is 0.250. The Morgan fingerprint density at radius 2 is 1.91 bits per heavy atom. The van der Waals surface area contributed by atoms with E-state index in [1.54, 1.807) is 43.3 Å². The molecule has 32 heavy (non-hydrogen) atoms. The molecule has 3 aromatic rings. The first kappa shape index (κ1) is 21.4. The molecular formula is C24H21FO7. The fourth-order valence-corrected chi connectivity index (χ4v) is 3.76. The van der Waals surface area contributed by atoms with Gasteiger partial charge >= 0.3 is 11.6 Å². The highest BCUT2D eigenvalue weighted by atomic mass is 19.1. The minimum Gasteiger partial charge on any atom is -0.493 e. The van der Waals surface area contributed by atoms with E-state index in [2.05, 4.69) is 0 Å². The van der Waals surface area contributed by atoms with E-state index in [4.69, 9.17) is 23.4 Å². The molecule has 0 aliphatic carbocycles. The van der Waals surface area contributed by atoms with Crippen LogP contribution in [-0.4, -0.2) is 26.3 Å². The fourth-order valence-electron chi connectivity index (χ4n) is 3.76. The van der Waals surface area contributed by atoms with Gasteiger partial charge < -0.3 is 23.4 Å². The summed E-state index contributed by atoms with van der Waals surface area (Å²) in [5.74, 6) is -0.311. The number of ether oxygens (including phenoxy) is 4. The molecule has 1 aromatic heterocycles. The number of rotatable bonds is 6. The summed E-state index contributed by atoms with van der Waals surface area (Å²) in [6.45, 7) is 1.72. The first-order chi connectivity index (χ1) is 15.4. The molecule has 2 atom stereocenters. The third kappa shape index (κ3) is 4.03. The maximum absolute atomic E-state index is 13.5. The minimum absolute atomic E-state index is 0.0943. The summed E-state index contributed by atoms with van der Waals surface area (Å²) in [7, 11) is 2.74. The van der Waals surface area contributed by atoms with Crippen LogP contribution in [0.1, 0.15) is 28.4 Å². The Balaban J connectivity index is 1.74. The van der Waals surface area contributed by atoms with Crippen LogP contribution < -0.4 is 19.8 Å². The molecule has 0 fully saturated rings. The van der Waals surface area contributed by atoms with Crippen LogP contribution in [-0.2, 0) is 16.1 Å². The molecule has 8 heteroatoms. The third-order valence-corrected chi connectivity index (χ3v) is 5.20. The van der Waals surface area contributed by atoms with E-state index in [0.29, 0.717) is 28.4 Å². The van der Waals surface area contributed by atoms with Crippen molar-refractivity contribution < 1.29 is 32.5 Å². The van der Waals surface area contributed by atoms with Crippen LogP contribution in [0.4, 0.5) is 4.39 Å². The molecule has 0 unspecified atom stereocenters. The molecule has 1 aliphatic rings. The van der Waals surface area contributed by atoms with Crippen molar-refractivity contribution in [2.75, 3.05) is 14.2 Å². The lowest BCUT2D eigenvalue weighted by molar-refractivity contribution is -0.148. The topological polar surface area (TPSA) is 84.2 Å². The van der Waals surface area contributed by atoms with E-state index >= 15 is 0 Å². The number of fused-ring (bicyclic) bond motifs is 1. The lowest BCUT2D eigenvalue weighted by atomic mass is 9.88. The maximum Gasteiger partial charge on any atom is 0.348 e. The zero-order chi connectivity index (χ0) is 22.8. The highest BCUT2D eigenvalue weighted by Gasteiger charge is 2.44. The van der Waals surface area contributed by atoms with E-state index < -0.39 is 23.6 Å². The molecule has 0 saturated heterocycles. The van der Waals surface area contributed by atoms with Gasteiger partial charge in [0.1, 0.15) is 23.9 Å². The smallest absolute Gasteiger partial charge is 0.348 e. The Hall–Kier alpha value is -3.81. The Morgan fingerprint density at radius 3 is 2.62 bits per heavy atom. The summed E-state index contributed by atoms with van der Waals surface area (Å²) in [5.41, 5.74) is 0.850. The van der Waals surface area contributed by atoms with Crippen LogP contribution in [0.15, 0.2) is 57.7 Å². The highest BCUT2D eigenvalue weighted by Crippen LogP contribution is 2.43. The number of hydrogen-bond donors (Lipinski definition) is 0. The second-order valence-corrected chi connectivity index (χ2v) is 7.29. The van der Waals surface area contributed by atoms with Crippen LogP contribution >= 0.6 is 0 Å². The van der Waals surface area contributed by atoms with Crippen molar-refractivity contribution in [1.29, 1.82) is 0 Å². The van der Waals surface area contributed by atoms with Gasteiger partial charge in [0.2, 0.25) is 6.10 Å². The summed E-state index contributed by atoms with van der Waals surface area (Å²) >= 11 is 0. The van der Waals surface area contributed by atoms with Gasteiger partial charge in [0.15, 0.2) is 11.5 Å². The second kappa shape index (κ2) is 8.74. The number of methoxy groups -OCH3 is 2. The zero-order valence-electron chi connectivity index (χ0n) is 17.7. The Labute approximate surface area is 183 Å². The molecule has 0 radical (unpaired) electrons. The van der Waals surface area contributed by atoms with Crippen molar-refractivity contribution >= 4 is 5.97 Å². The van der Waals surface area contributed by atoms with Gasteiger partial charge in [0.25, 0.3) is 0 Å². The predicted molar refractivity (Wildman–Crippen MR) is 112 cm³/mol. The van der Waals surface area contributed by atoms with Crippen molar-refractivity contribution in [2.24, 2.45) is 0 Å². The van der Waals surface area contributed by atoms with Crippen LogP contribution in [0.25, 0.3) is 0 Å². The van der Waals surface area contributed by atoms with Crippen LogP contribution in [0.3, 0.4) is 0 Å². The molecule has 2 aromatic carbocycles. The van der Waals surface area contributed by atoms with Gasteiger partial charge in [-0.2, -0.15) is 0 Å². The molecule has 166 valence electrons. The average Bonchev–Trinajstić information content (AvgIpc) is 3.16. The van der Waals surface area contributed by atoms with Crippen molar-refractivity contribution in [1.82, 2.24) is 0 Å². The van der Waals surface area contributed by atoms with Gasteiger partial charge in [-0.05, 0) is 42.3 Å². The Bertz CT molecular complexity index is 1220. The average molecular weight is 440 g/mol. The molecule has 0 amide bonds. The summed E-state index contributed by atoms with van der Waals surface area (Å²) in [6.07, 6.45) is -1.07. The molecule has 0 N–H and O–H groups in total. The molecule has 2 heterocycles. The number of carbonyl (C=O) groups is 1. The van der Waals surface area contributed by atoms with Crippen molar-refractivity contribution in [2.45, 2.75) is 25.6 Å². The van der Waals surface area contributed by atoms with Crippen LogP contribution in [0.2, 0.25) is 0 Å². The lowest BCUT2D eigenvalue weighted by Gasteiger charge is -2.19. The number of hydrogen-bond acceptors (Lipinski definition) is 7. The van der Waals surface area contributed by atoms with Gasteiger partial charge in [-0.25, -0.2) is 14.0 Å². The Kier molecular flexibility index (Phi) is 5.85. The van der Waals surface area contributed by atoms with E-state index in [0.717, 1.165) is 0 Å². The van der Waals surface area contributed by atoms with E-state index in [9.17, 15) is 14.0 Å². The highest BCUT2D eigenvalue weighted by molar-refractivity contribution is 5.79. The molecule has 0 bridgehead atoms. The van der Waals surface area contributed by atoms with E-state index in [-0.39, 0.29) is 23.7 Å². The molecular weight excluding hydrogens is 419 g/mol. The van der Waals surface area contributed by atoms with Gasteiger partial charge in [-0.15, -0.1) is 0 Å². The summed E-state index contributed by atoms with van der Waals surface area (Å²) in [6, 6.07) is 12.7. The van der Waals surface area contributed by atoms with Gasteiger partial charge in [-0.3, -0.25) is 0 Å². The number of esters is 1. The number of benzene rings is 2. The zero-order valence-corrected chi connectivity index (χ0v) is 17.7. The monoisotopic (exact) mass is 440 g/mol. The van der Waals surface area contributed by atoms with Crippen LogP contribution in [0.5, 0.6) is 17.2 Å². The summed E-state index contributed by atoms with van der Waals surface area (Å²) in [5, 5.41) is 0. The largest absolute Gasteiger partial charge is 0.493 e. The van der Waals surface area contributed by atoms with Gasteiger partial charge in [-0.1, -0.05) is 18.2 Å². The van der Waals surface area contributed by atoms with Gasteiger partial charge in [0.05, 0.1) is 25.7 Å². The SMILES string of the molecule is COC(=O)[C@H]1Oc2cc(C)oc(=O)c2[C@@H]1c1ccc(OC)c(OCc2cccc(F)c2)c1. The van der Waals surface area contributed by atoms with E-state index in [1.165, 1.54) is 26.4 Å². The molecule has 7 nitrogen and oxygen atoms in total. The summed E-state index contributed by atoms with van der Waals surface area (Å²) < 4.78 is 40.7. The van der Waals surface area contributed by atoms with Crippen molar-refractivity contribution in [3.8, 4) is 17.2 Å². The third-order valence-electron chi connectivity index (χ3n) is 5.20. The molecule has 4 rings (SSSR count). The Morgan fingerprint density at radius 1 is 1.09 bits per heavy atom. The van der Waals surface area contributed by atoms with E-state index in [1.807, 2.05) is 0 Å². The minimum atomic E-state index is -1.07. The number of aryl methyl sites for hydroxylation is 1. The lowest BCUT2D eigenvalue weighted by Crippen LogP contribution is -2.31. The second-order valence-electron chi connectivity index (χ2n) is 7.29. The first-order valence-electron chi connectivity index (χ1n) is 9.85. The first-order valence-corrected chi connectivity index (χ1v) is 9.85. The number of halogens is 1. The predicted octanol–water partition coefficient (Wildman–Crippen LogP) is 3.74. The molecule has 0 spiro atoms. The number of carbonyl (C=O) groups excluding carboxylic acids is 1. The van der Waals surface area contributed by atoms with Gasteiger partial charge in [0, 0.05) is 6.07 Å². The standard InChI is InChI=1S/C24H21FO7/c1-13-9-19-21(23(26)31-13)20(22(32-19)24(27)29-3)15-7-8-17(28-2)18(11-15)30-12-14-5-4-6-16(25)10-14/h4-11,20,22H,12H2,1-3H3/t20-,22-/m0/s1. The van der Waals surface area contributed by atoms with Crippen LogP contribution in [0, 0.1) is 12.7 Å². The van der Waals surface area contributed by atoms with Crippen molar-refractivity contribution in [3.05, 3.63) is 87.2 Å².